The highest BCUT2D eigenvalue weighted by atomic mass is 32.2. The van der Waals surface area contributed by atoms with Gasteiger partial charge in [-0.3, -0.25) is 0 Å². The van der Waals surface area contributed by atoms with Gasteiger partial charge in [0.25, 0.3) is 0 Å². The average Bonchev–Trinajstić information content (AvgIpc) is 2.98. The Labute approximate surface area is 134 Å². The summed E-state index contributed by atoms with van der Waals surface area (Å²) in [5.41, 5.74) is 0.550. The molecule has 5 nitrogen and oxygen atoms in total. The fraction of sp³-hybridized carbons (Fsp3) is 0.267. The van der Waals surface area contributed by atoms with Gasteiger partial charge in [0, 0.05) is 29.3 Å². The Morgan fingerprint density at radius 1 is 1.23 bits per heavy atom. The van der Waals surface area contributed by atoms with Crippen LogP contribution in [0.25, 0.3) is 0 Å². The van der Waals surface area contributed by atoms with Crippen LogP contribution in [-0.2, 0) is 9.84 Å². The van der Waals surface area contributed by atoms with E-state index >= 15 is 0 Å². The molecule has 0 aliphatic rings. The Morgan fingerprint density at radius 2 is 1.91 bits per heavy atom. The molecule has 1 unspecified atom stereocenters. The number of sulfone groups is 1. The predicted octanol–water partition coefficient (Wildman–Crippen LogP) is 3.08. The van der Waals surface area contributed by atoms with E-state index < -0.39 is 9.84 Å². The van der Waals surface area contributed by atoms with Crippen molar-refractivity contribution < 1.29 is 13.2 Å². The van der Waals surface area contributed by atoms with Gasteiger partial charge in [-0.05, 0) is 35.7 Å². The zero-order chi connectivity index (χ0) is 16.2. The van der Waals surface area contributed by atoms with Gasteiger partial charge in [0.2, 0.25) is 0 Å². The highest BCUT2D eigenvalue weighted by Gasteiger charge is 2.10. The molecule has 0 spiro atoms. The summed E-state index contributed by atoms with van der Waals surface area (Å²) >= 11 is 1.66. The molecule has 0 radical (unpaired) electrons. The van der Waals surface area contributed by atoms with E-state index in [1.165, 1.54) is 17.0 Å². The third kappa shape index (κ3) is 4.57. The molecular formula is C15H18N2O3S2. The first-order chi connectivity index (χ1) is 10.4. The minimum absolute atomic E-state index is 0.227. The first-order valence-corrected chi connectivity index (χ1v) is 9.52. The van der Waals surface area contributed by atoms with Crippen molar-refractivity contribution in [1.29, 1.82) is 0 Å². The lowest BCUT2D eigenvalue weighted by atomic mass is 10.1. The summed E-state index contributed by atoms with van der Waals surface area (Å²) in [5, 5.41) is 7.49. The van der Waals surface area contributed by atoms with Gasteiger partial charge >= 0.3 is 6.03 Å². The molecule has 1 aromatic carbocycles. The minimum Gasteiger partial charge on any atom is -0.337 e. The van der Waals surface area contributed by atoms with Gasteiger partial charge in [-0.1, -0.05) is 13.0 Å². The molecule has 2 rings (SSSR count). The monoisotopic (exact) mass is 338 g/mol. The molecule has 0 bridgehead atoms. The van der Waals surface area contributed by atoms with Gasteiger partial charge in [0.15, 0.2) is 9.84 Å². The van der Waals surface area contributed by atoms with Crippen molar-refractivity contribution in [3.05, 3.63) is 46.7 Å². The third-order valence-electron chi connectivity index (χ3n) is 3.14. The number of amides is 2. The average molecular weight is 338 g/mol. The molecule has 7 heteroatoms. The molecular weight excluding hydrogens is 320 g/mol. The van der Waals surface area contributed by atoms with E-state index in [9.17, 15) is 13.2 Å². The normalized spacial score (nSPS) is 12.6. The van der Waals surface area contributed by atoms with E-state index in [1.54, 1.807) is 23.5 Å². The van der Waals surface area contributed by atoms with E-state index in [2.05, 4.69) is 10.6 Å². The summed E-state index contributed by atoms with van der Waals surface area (Å²) in [4.78, 5) is 13.3. The van der Waals surface area contributed by atoms with Crippen molar-refractivity contribution in [2.75, 3.05) is 18.1 Å². The van der Waals surface area contributed by atoms with Crippen LogP contribution in [0.3, 0.4) is 0 Å². The highest BCUT2D eigenvalue weighted by Crippen LogP contribution is 2.19. The Hall–Kier alpha value is -1.86. The van der Waals surface area contributed by atoms with Gasteiger partial charge < -0.3 is 10.6 Å². The minimum atomic E-state index is -3.22. The number of hydrogen-bond donors (Lipinski definition) is 2. The summed E-state index contributed by atoms with van der Waals surface area (Å²) in [6, 6.07) is 9.80. The fourth-order valence-corrected chi connectivity index (χ4v) is 3.30. The first-order valence-electron chi connectivity index (χ1n) is 6.74. The summed E-state index contributed by atoms with van der Waals surface area (Å²) in [7, 11) is -3.22. The lowest BCUT2D eigenvalue weighted by molar-refractivity contribution is 0.251. The van der Waals surface area contributed by atoms with E-state index in [0.717, 1.165) is 6.26 Å². The van der Waals surface area contributed by atoms with E-state index in [4.69, 9.17) is 0 Å². The zero-order valence-corrected chi connectivity index (χ0v) is 14.0. The molecule has 0 saturated carbocycles. The molecule has 0 fully saturated rings. The van der Waals surface area contributed by atoms with Crippen LogP contribution in [-0.4, -0.2) is 27.2 Å². The third-order valence-corrected chi connectivity index (χ3v) is 5.37. The highest BCUT2D eigenvalue weighted by molar-refractivity contribution is 7.90. The van der Waals surface area contributed by atoms with Gasteiger partial charge in [0.1, 0.15) is 0 Å². The number of hydrogen-bond acceptors (Lipinski definition) is 4. The van der Waals surface area contributed by atoms with Crippen molar-refractivity contribution in [3.63, 3.8) is 0 Å². The number of anilines is 1. The maximum Gasteiger partial charge on any atom is 0.319 e. The molecule has 0 aliphatic carbocycles. The first kappa shape index (κ1) is 16.5. The Balaban J connectivity index is 1.87. The summed E-state index contributed by atoms with van der Waals surface area (Å²) in [5.74, 6) is 0.248. The lowest BCUT2D eigenvalue weighted by Crippen LogP contribution is -2.31. The second-order valence-corrected chi connectivity index (χ2v) is 8.04. The van der Waals surface area contributed by atoms with Crippen molar-refractivity contribution in [2.24, 2.45) is 0 Å². The number of nitrogens with one attached hydrogen (secondary N) is 2. The maximum atomic E-state index is 11.8. The molecule has 1 aromatic heterocycles. The smallest absolute Gasteiger partial charge is 0.319 e. The second kappa shape index (κ2) is 6.93. The number of benzene rings is 1. The number of rotatable bonds is 5. The van der Waals surface area contributed by atoms with Crippen LogP contribution in [0.2, 0.25) is 0 Å². The molecule has 1 heterocycles. The zero-order valence-electron chi connectivity index (χ0n) is 12.4. The SMILES string of the molecule is CC(CNC(=O)Nc1ccc(S(C)(=O)=O)cc1)c1cccs1. The van der Waals surface area contributed by atoms with Crippen LogP contribution in [0.4, 0.5) is 10.5 Å². The van der Waals surface area contributed by atoms with Crippen molar-refractivity contribution in [2.45, 2.75) is 17.7 Å². The van der Waals surface area contributed by atoms with Gasteiger partial charge in [-0.2, -0.15) is 0 Å². The van der Waals surface area contributed by atoms with Crippen LogP contribution in [0, 0.1) is 0 Å². The standard InChI is InChI=1S/C15H18N2O3S2/c1-11(14-4-3-9-21-14)10-16-15(18)17-12-5-7-13(8-6-12)22(2,19)20/h3-9,11H,10H2,1-2H3,(H2,16,17,18). The van der Waals surface area contributed by atoms with Crippen LogP contribution in [0.1, 0.15) is 17.7 Å². The van der Waals surface area contributed by atoms with E-state index in [1.807, 2.05) is 24.4 Å². The molecule has 2 amide bonds. The van der Waals surface area contributed by atoms with E-state index in [0.29, 0.717) is 12.2 Å². The molecule has 1 atom stereocenters. The number of urea groups is 1. The number of carbonyl (C=O) groups is 1. The molecule has 0 aliphatic heterocycles. The predicted molar refractivity (Wildman–Crippen MR) is 89.3 cm³/mol. The van der Waals surface area contributed by atoms with Crippen molar-refractivity contribution in [1.82, 2.24) is 5.32 Å². The number of carbonyl (C=O) groups excluding carboxylic acids is 1. The van der Waals surface area contributed by atoms with Crippen molar-refractivity contribution >= 4 is 32.9 Å². The van der Waals surface area contributed by atoms with Gasteiger partial charge in [0.05, 0.1) is 4.90 Å². The molecule has 0 saturated heterocycles. The fourth-order valence-electron chi connectivity index (χ4n) is 1.88. The largest absolute Gasteiger partial charge is 0.337 e. The Morgan fingerprint density at radius 3 is 2.45 bits per heavy atom. The van der Waals surface area contributed by atoms with Gasteiger partial charge in [-0.15, -0.1) is 11.3 Å². The molecule has 2 N–H and O–H groups in total. The quantitative estimate of drug-likeness (QED) is 0.880. The van der Waals surface area contributed by atoms with Crippen LogP contribution in [0.5, 0.6) is 0 Å². The molecule has 118 valence electrons. The van der Waals surface area contributed by atoms with Crippen LogP contribution >= 0.6 is 11.3 Å². The van der Waals surface area contributed by atoms with Crippen LogP contribution in [0.15, 0.2) is 46.7 Å². The summed E-state index contributed by atoms with van der Waals surface area (Å²) in [6.07, 6.45) is 1.15. The Bertz CT molecular complexity index is 723. The van der Waals surface area contributed by atoms with Gasteiger partial charge in [-0.25, -0.2) is 13.2 Å². The number of thiophene rings is 1. The lowest BCUT2D eigenvalue weighted by Gasteiger charge is -2.12. The maximum absolute atomic E-state index is 11.8. The summed E-state index contributed by atoms with van der Waals surface area (Å²) in [6.45, 7) is 2.58. The second-order valence-electron chi connectivity index (χ2n) is 5.05. The van der Waals surface area contributed by atoms with Crippen LogP contribution < -0.4 is 10.6 Å². The van der Waals surface area contributed by atoms with Crippen molar-refractivity contribution in [3.8, 4) is 0 Å². The van der Waals surface area contributed by atoms with E-state index in [-0.39, 0.29) is 16.8 Å². The Kier molecular flexibility index (Phi) is 5.20. The topological polar surface area (TPSA) is 75.3 Å². The molecule has 2 aromatic rings. The summed E-state index contributed by atoms with van der Waals surface area (Å²) < 4.78 is 22.7. The molecule has 22 heavy (non-hydrogen) atoms.